The maximum absolute atomic E-state index is 12.2. The van der Waals surface area contributed by atoms with Gasteiger partial charge in [-0.1, -0.05) is 0 Å². The first-order chi connectivity index (χ1) is 8.43. The Kier molecular flexibility index (Phi) is 4.84. The van der Waals surface area contributed by atoms with Crippen molar-refractivity contribution in [2.75, 3.05) is 27.3 Å². The maximum Gasteiger partial charge on any atom is 0.243 e. The number of aryl methyl sites for hydroxylation is 1. The van der Waals surface area contributed by atoms with E-state index in [4.69, 9.17) is 10.00 Å². The number of sulfonamides is 1. The molecule has 18 heavy (non-hydrogen) atoms. The van der Waals surface area contributed by atoms with Gasteiger partial charge >= 0.3 is 0 Å². The summed E-state index contributed by atoms with van der Waals surface area (Å²) in [6, 6.07) is 6.52. The van der Waals surface area contributed by atoms with E-state index in [0.29, 0.717) is 17.7 Å². The predicted octanol–water partition coefficient (Wildman–Crippen LogP) is 1.13. The van der Waals surface area contributed by atoms with Gasteiger partial charge in [-0.3, -0.25) is 0 Å². The highest BCUT2D eigenvalue weighted by molar-refractivity contribution is 7.89. The monoisotopic (exact) mass is 268 g/mol. The van der Waals surface area contributed by atoms with Crippen molar-refractivity contribution < 1.29 is 13.2 Å². The molecule has 98 valence electrons. The van der Waals surface area contributed by atoms with E-state index in [0.717, 1.165) is 0 Å². The largest absolute Gasteiger partial charge is 0.383 e. The normalized spacial score (nSPS) is 11.5. The third-order valence-electron chi connectivity index (χ3n) is 2.60. The molecule has 0 unspecified atom stereocenters. The minimum Gasteiger partial charge on any atom is -0.383 e. The number of hydrogen-bond acceptors (Lipinski definition) is 4. The van der Waals surface area contributed by atoms with Crippen molar-refractivity contribution in [3.05, 3.63) is 29.3 Å². The highest BCUT2D eigenvalue weighted by atomic mass is 32.2. The van der Waals surface area contributed by atoms with Crippen molar-refractivity contribution in [2.24, 2.45) is 0 Å². The van der Waals surface area contributed by atoms with Crippen molar-refractivity contribution in [1.29, 1.82) is 5.26 Å². The van der Waals surface area contributed by atoms with Gasteiger partial charge in [-0.25, -0.2) is 8.42 Å². The highest BCUT2D eigenvalue weighted by Crippen LogP contribution is 2.19. The summed E-state index contributed by atoms with van der Waals surface area (Å²) in [5.74, 6) is 0. The minimum absolute atomic E-state index is 0.222. The quantitative estimate of drug-likeness (QED) is 0.802. The molecule has 1 rings (SSSR count). The molecule has 0 heterocycles. The zero-order valence-electron chi connectivity index (χ0n) is 10.7. The SMILES string of the molecule is COCCN(C)S(=O)(=O)c1ccc(C#N)cc1C. The number of benzene rings is 1. The Morgan fingerprint density at radius 2 is 2.11 bits per heavy atom. The van der Waals surface area contributed by atoms with Gasteiger partial charge in [0.05, 0.1) is 23.1 Å². The lowest BCUT2D eigenvalue weighted by Crippen LogP contribution is -2.30. The topological polar surface area (TPSA) is 70.4 Å². The van der Waals surface area contributed by atoms with E-state index >= 15 is 0 Å². The fraction of sp³-hybridized carbons (Fsp3) is 0.417. The Hall–Kier alpha value is -1.42. The number of ether oxygens (including phenoxy) is 1. The second kappa shape index (κ2) is 5.96. The number of hydrogen-bond donors (Lipinski definition) is 0. The zero-order chi connectivity index (χ0) is 13.8. The number of rotatable bonds is 5. The molecule has 0 aliphatic rings. The molecule has 1 aromatic carbocycles. The average Bonchev–Trinajstić information content (AvgIpc) is 2.35. The summed E-state index contributed by atoms with van der Waals surface area (Å²) < 4.78 is 30.6. The standard InChI is InChI=1S/C12H16N2O3S/c1-10-8-11(9-13)4-5-12(10)18(15,16)14(2)6-7-17-3/h4-5,8H,6-7H2,1-3H3. The van der Waals surface area contributed by atoms with Crippen LogP contribution >= 0.6 is 0 Å². The summed E-state index contributed by atoms with van der Waals surface area (Å²) in [6.07, 6.45) is 0. The molecule has 0 bridgehead atoms. The predicted molar refractivity (Wildman–Crippen MR) is 67.6 cm³/mol. The maximum atomic E-state index is 12.2. The molecule has 6 heteroatoms. The van der Waals surface area contributed by atoms with Crippen LogP contribution < -0.4 is 0 Å². The van der Waals surface area contributed by atoms with Crippen LogP contribution in [0.1, 0.15) is 11.1 Å². The first-order valence-electron chi connectivity index (χ1n) is 5.39. The van der Waals surface area contributed by atoms with Gasteiger partial charge in [-0.2, -0.15) is 9.57 Å². The van der Waals surface area contributed by atoms with Gasteiger partial charge in [0.1, 0.15) is 0 Å². The molecule has 0 N–H and O–H groups in total. The second-order valence-electron chi connectivity index (χ2n) is 3.91. The second-order valence-corrected chi connectivity index (χ2v) is 5.92. The van der Waals surface area contributed by atoms with Crippen LogP contribution in [0.2, 0.25) is 0 Å². The Morgan fingerprint density at radius 3 is 2.61 bits per heavy atom. The lowest BCUT2D eigenvalue weighted by molar-refractivity contribution is 0.185. The van der Waals surface area contributed by atoms with E-state index in [2.05, 4.69) is 0 Å². The van der Waals surface area contributed by atoms with Gasteiger partial charge in [0.2, 0.25) is 10.0 Å². The van der Waals surface area contributed by atoms with Gasteiger partial charge in [-0.15, -0.1) is 0 Å². The molecule has 0 atom stereocenters. The van der Waals surface area contributed by atoms with Crippen LogP contribution in [0, 0.1) is 18.3 Å². The van der Waals surface area contributed by atoms with Crippen molar-refractivity contribution in [2.45, 2.75) is 11.8 Å². The number of methoxy groups -OCH3 is 1. The first kappa shape index (κ1) is 14.6. The fourth-order valence-electron chi connectivity index (χ4n) is 1.52. The van der Waals surface area contributed by atoms with E-state index < -0.39 is 10.0 Å². The first-order valence-corrected chi connectivity index (χ1v) is 6.83. The molecular weight excluding hydrogens is 252 g/mol. The molecule has 5 nitrogen and oxygen atoms in total. The van der Waals surface area contributed by atoms with E-state index in [1.54, 1.807) is 13.0 Å². The van der Waals surface area contributed by atoms with Crippen molar-refractivity contribution in [3.8, 4) is 6.07 Å². The van der Waals surface area contributed by atoms with Crippen LogP contribution in [-0.2, 0) is 14.8 Å². The van der Waals surface area contributed by atoms with Crippen LogP contribution in [0.25, 0.3) is 0 Å². The van der Waals surface area contributed by atoms with Crippen molar-refractivity contribution >= 4 is 10.0 Å². The average molecular weight is 268 g/mol. The van der Waals surface area contributed by atoms with Crippen LogP contribution in [0.4, 0.5) is 0 Å². The smallest absolute Gasteiger partial charge is 0.243 e. The molecule has 0 amide bonds. The fourth-order valence-corrected chi connectivity index (χ4v) is 2.87. The minimum atomic E-state index is -3.52. The van der Waals surface area contributed by atoms with Gasteiger partial charge in [0, 0.05) is 20.7 Å². The molecule has 0 aliphatic heterocycles. The van der Waals surface area contributed by atoms with Gasteiger partial charge in [-0.05, 0) is 30.7 Å². The third-order valence-corrected chi connectivity index (χ3v) is 4.62. The molecule has 0 saturated carbocycles. The summed E-state index contributed by atoms with van der Waals surface area (Å²) in [5, 5.41) is 8.75. The molecular formula is C12H16N2O3S. The lowest BCUT2D eigenvalue weighted by Gasteiger charge is -2.18. The van der Waals surface area contributed by atoms with Crippen LogP contribution in [0.3, 0.4) is 0 Å². The van der Waals surface area contributed by atoms with Crippen molar-refractivity contribution in [1.82, 2.24) is 4.31 Å². The summed E-state index contributed by atoms with van der Waals surface area (Å²) in [4.78, 5) is 0.222. The molecule has 0 aromatic heterocycles. The summed E-state index contributed by atoms with van der Waals surface area (Å²) in [6.45, 7) is 2.31. The van der Waals surface area contributed by atoms with Crippen LogP contribution in [-0.4, -0.2) is 40.0 Å². The Balaban J connectivity index is 3.09. The van der Waals surface area contributed by atoms with Gasteiger partial charge < -0.3 is 4.74 Å². The van der Waals surface area contributed by atoms with E-state index in [1.165, 1.54) is 30.6 Å². The molecule has 0 spiro atoms. The zero-order valence-corrected chi connectivity index (χ0v) is 11.5. The van der Waals surface area contributed by atoms with Crippen LogP contribution in [0.5, 0.6) is 0 Å². The van der Waals surface area contributed by atoms with Crippen LogP contribution in [0.15, 0.2) is 23.1 Å². The van der Waals surface area contributed by atoms with Gasteiger partial charge in [0.25, 0.3) is 0 Å². The Bertz CT molecular complexity index is 561. The van der Waals surface area contributed by atoms with E-state index in [9.17, 15) is 8.42 Å². The summed E-state index contributed by atoms with van der Waals surface area (Å²) in [5.41, 5.74) is 1.02. The number of nitrogens with zero attached hydrogens (tertiary/aromatic N) is 2. The van der Waals surface area contributed by atoms with E-state index in [1.807, 2.05) is 6.07 Å². The summed E-state index contributed by atoms with van der Waals surface area (Å²) >= 11 is 0. The highest BCUT2D eigenvalue weighted by Gasteiger charge is 2.22. The molecule has 0 aliphatic carbocycles. The Morgan fingerprint density at radius 1 is 1.44 bits per heavy atom. The Labute approximate surface area is 108 Å². The lowest BCUT2D eigenvalue weighted by atomic mass is 10.2. The van der Waals surface area contributed by atoms with Crippen molar-refractivity contribution in [3.63, 3.8) is 0 Å². The van der Waals surface area contributed by atoms with E-state index in [-0.39, 0.29) is 11.4 Å². The summed E-state index contributed by atoms with van der Waals surface area (Å²) in [7, 11) is -0.496. The van der Waals surface area contributed by atoms with Gasteiger partial charge in [0.15, 0.2) is 0 Å². The number of likely N-dealkylation sites (N-methyl/N-ethyl adjacent to an activating group) is 1. The molecule has 1 aromatic rings. The molecule has 0 radical (unpaired) electrons. The molecule has 0 fully saturated rings. The number of nitriles is 1. The third kappa shape index (κ3) is 3.07. The molecule has 0 saturated heterocycles.